The number of unbranched alkanes of at least 4 members (excludes halogenated alkanes) is 5. The Kier molecular flexibility index (Phi) is 17.7. The lowest BCUT2D eigenvalue weighted by atomic mass is 9.96. The maximum absolute atomic E-state index is 12.2. The van der Waals surface area contributed by atoms with Crippen molar-refractivity contribution in [1.82, 2.24) is 5.32 Å². The van der Waals surface area contributed by atoms with Crippen molar-refractivity contribution >= 4 is 11.9 Å². The number of carbonyl (C=O) groups is 2. The van der Waals surface area contributed by atoms with Gasteiger partial charge in [-0.25, -0.2) is 0 Å². The second-order valence-corrected chi connectivity index (χ2v) is 11.0. The molecule has 1 aliphatic heterocycles. The Morgan fingerprint density at radius 2 is 1.40 bits per heavy atom. The van der Waals surface area contributed by atoms with Crippen molar-refractivity contribution < 1.29 is 47.9 Å². The number of aliphatic hydroxyl groups is 1. The molecule has 0 unspecified atom stereocenters. The van der Waals surface area contributed by atoms with Crippen LogP contribution >= 0.6 is 0 Å². The third kappa shape index (κ3) is 14.4. The molecule has 0 aliphatic carbocycles. The van der Waals surface area contributed by atoms with Crippen molar-refractivity contribution in [3.05, 3.63) is 71.8 Å². The first kappa shape index (κ1) is 36.6. The van der Waals surface area contributed by atoms with E-state index in [1.807, 2.05) is 60.7 Å². The summed E-state index contributed by atoms with van der Waals surface area (Å²) in [5, 5.41) is 14.1. The van der Waals surface area contributed by atoms with Crippen molar-refractivity contribution in [2.45, 2.75) is 95.7 Å². The van der Waals surface area contributed by atoms with Gasteiger partial charge in [-0.1, -0.05) is 86.3 Å². The van der Waals surface area contributed by atoms with Gasteiger partial charge in [-0.15, -0.1) is 0 Å². The summed E-state index contributed by atoms with van der Waals surface area (Å²) >= 11 is 0. The quantitative estimate of drug-likeness (QED) is 0.111. The van der Waals surface area contributed by atoms with Crippen molar-refractivity contribution in [3.63, 3.8) is 0 Å². The zero-order valence-electron chi connectivity index (χ0n) is 26.5. The Balaban J connectivity index is 1.52. The zero-order chi connectivity index (χ0) is 32.1. The van der Waals surface area contributed by atoms with Gasteiger partial charge in [0, 0.05) is 20.0 Å². The summed E-state index contributed by atoms with van der Waals surface area (Å²) in [6.07, 6.45) is 2.28. The minimum atomic E-state index is -1.14. The van der Waals surface area contributed by atoms with Gasteiger partial charge >= 0.3 is 5.97 Å². The lowest BCUT2D eigenvalue weighted by Crippen LogP contribution is -2.65. The van der Waals surface area contributed by atoms with E-state index < -0.39 is 30.6 Å². The number of hydrogen-bond acceptors (Lipinski definition) is 10. The van der Waals surface area contributed by atoms with Crippen LogP contribution in [-0.4, -0.2) is 81.5 Å². The predicted octanol–water partition coefficient (Wildman–Crippen LogP) is 4.25. The van der Waals surface area contributed by atoms with Crippen LogP contribution in [-0.2, 0) is 56.0 Å². The van der Waals surface area contributed by atoms with Gasteiger partial charge in [-0.05, 0) is 24.0 Å². The topological polar surface area (TPSA) is 131 Å². The van der Waals surface area contributed by atoms with Crippen LogP contribution in [0.1, 0.15) is 63.0 Å². The van der Waals surface area contributed by atoms with Crippen LogP contribution in [0, 0.1) is 0 Å². The number of esters is 1. The van der Waals surface area contributed by atoms with E-state index in [4.69, 9.17) is 28.4 Å². The molecule has 250 valence electrons. The lowest BCUT2D eigenvalue weighted by Gasteiger charge is -2.44. The molecule has 45 heavy (non-hydrogen) atoms. The number of carbonyl (C=O) groups excluding carboxylic acids is 2. The first-order chi connectivity index (χ1) is 22.0. The average molecular weight is 632 g/mol. The molecule has 1 amide bonds. The van der Waals surface area contributed by atoms with Crippen molar-refractivity contribution in [3.8, 4) is 0 Å². The molecule has 0 bridgehead atoms. The second-order valence-electron chi connectivity index (χ2n) is 11.0. The highest BCUT2D eigenvalue weighted by molar-refractivity contribution is 5.73. The molecule has 3 rings (SSSR count). The molecule has 1 saturated heterocycles. The molecule has 0 saturated carbocycles. The first-order valence-electron chi connectivity index (χ1n) is 15.7. The van der Waals surface area contributed by atoms with Crippen molar-refractivity contribution in [2.75, 3.05) is 33.9 Å². The Morgan fingerprint density at radius 3 is 2.02 bits per heavy atom. The first-order valence-corrected chi connectivity index (χ1v) is 15.7. The number of ether oxygens (including phenoxy) is 7. The smallest absolute Gasteiger partial charge is 0.305 e. The van der Waals surface area contributed by atoms with Gasteiger partial charge in [0.25, 0.3) is 0 Å². The monoisotopic (exact) mass is 631 g/mol. The van der Waals surface area contributed by atoms with E-state index in [-0.39, 0.29) is 32.1 Å². The highest BCUT2D eigenvalue weighted by atomic mass is 16.7. The van der Waals surface area contributed by atoms with Gasteiger partial charge in [0.05, 0.1) is 26.9 Å². The van der Waals surface area contributed by atoms with E-state index in [0.717, 1.165) is 49.7 Å². The normalized spacial score (nSPS) is 21.4. The SMILES string of the molecule is COC(=O)CCCCCCCCO[C@@H]1O[C@H](COCOCc2ccccc2)[C@@H](O)[C@H](OCOCc2ccccc2)[C@H]1NC(C)=O. The lowest BCUT2D eigenvalue weighted by molar-refractivity contribution is -0.291. The van der Waals surface area contributed by atoms with Gasteiger partial charge in [0.2, 0.25) is 5.91 Å². The van der Waals surface area contributed by atoms with E-state index >= 15 is 0 Å². The van der Waals surface area contributed by atoms with Gasteiger partial charge in [0.1, 0.15) is 37.9 Å². The molecule has 0 radical (unpaired) electrons. The van der Waals surface area contributed by atoms with Crippen LogP contribution < -0.4 is 5.32 Å². The third-order valence-corrected chi connectivity index (χ3v) is 7.34. The number of benzene rings is 2. The van der Waals surface area contributed by atoms with E-state index in [9.17, 15) is 14.7 Å². The van der Waals surface area contributed by atoms with Crippen LogP contribution in [0.4, 0.5) is 0 Å². The molecular weight excluding hydrogens is 582 g/mol. The van der Waals surface area contributed by atoms with Crippen LogP contribution in [0.2, 0.25) is 0 Å². The summed E-state index contributed by atoms with van der Waals surface area (Å²) in [6, 6.07) is 18.6. The van der Waals surface area contributed by atoms with Crippen molar-refractivity contribution in [1.29, 1.82) is 0 Å². The van der Waals surface area contributed by atoms with Crippen LogP contribution in [0.3, 0.4) is 0 Å². The third-order valence-electron chi connectivity index (χ3n) is 7.34. The molecule has 0 spiro atoms. The largest absolute Gasteiger partial charge is 0.469 e. The second kappa shape index (κ2) is 21.8. The zero-order valence-corrected chi connectivity index (χ0v) is 26.5. The van der Waals surface area contributed by atoms with Gasteiger partial charge in [0.15, 0.2) is 6.29 Å². The molecule has 11 nitrogen and oxygen atoms in total. The molecule has 2 aromatic rings. The standard InChI is InChI=1S/C34H49NO10/c1-26(36)35-31-33(44-25-41-22-28-17-11-8-12-18-28)32(38)29(23-42-24-40-21-27-15-9-7-10-16-27)45-34(31)43-20-14-6-4-3-5-13-19-30(37)39-2/h7-12,15-18,29,31-34,38H,3-6,13-14,19-25H2,1-2H3,(H,35,36)/t29-,31-,32-,33-,34-/m1/s1. The Labute approximate surface area is 266 Å². The minimum Gasteiger partial charge on any atom is -0.469 e. The van der Waals surface area contributed by atoms with E-state index in [1.165, 1.54) is 14.0 Å². The maximum Gasteiger partial charge on any atom is 0.305 e. The van der Waals surface area contributed by atoms with Gasteiger partial charge in [-0.2, -0.15) is 0 Å². The number of hydrogen-bond donors (Lipinski definition) is 2. The summed E-state index contributed by atoms with van der Waals surface area (Å²) < 4.78 is 40.0. The van der Waals surface area contributed by atoms with Crippen LogP contribution in [0.25, 0.3) is 0 Å². The summed E-state index contributed by atoms with van der Waals surface area (Å²) in [6.45, 7) is 2.44. The minimum absolute atomic E-state index is 0.00740. The molecule has 1 aliphatic rings. The number of aliphatic hydroxyl groups excluding tert-OH is 1. The van der Waals surface area contributed by atoms with E-state index in [1.54, 1.807) is 0 Å². The van der Waals surface area contributed by atoms with Crippen LogP contribution in [0.15, 0.2) is 60.7 Å². The summed E-state index contributed by atoms with van der Waals surface area (Å²) in [4.78, 5) is 23.4. The Hall–Kier alpha value is -2.90. The maximum atomic E-state index is 12.2. The predicted molar refractivity (Wildman–Crippen MR) is 166 cm³/mol. The fourth-order valence-corrected chi connectivity index (χ4v) is 4.98. The van der Waals surface area contributed by atoms with E-state index in [2.05, 4.69) is 10.1 Å². The molecule has 5 atom stereocenters. The van der Waals surface area contributed by atoms with E-state index in [0.29, 0.717) is 26.2 Å². The molecule has 0 aromatic heterocycles. The Morgan fingerprint density at radius 1 is 0.800 bits per heavy atom. The fraction of sp³-hybridized carbons (Fsp3) is 0.588. The number of rotatable bonds is 22. The van der Waals surface area contributed by atoms with Crippen molar-refractivity contribution in [2.24, 2.45) is 0 Å². The molecular formula is C34H49NO10. The molecule has 1 heterocycles. The molecule has 1 fully saturated rings. The van der Waals surface area contributed by atoms with Gasteiger partial charge in [-0.3, -0.25) is 9.59 Å². The Bertz CT molecular complexity index is 1070. The molecule has 2 N–H and O–H groups in total. The fourth-order valence-electron chi connectivity index (χ4n) is 4.98. The highest BCUT2D eigenvalue weighted by Crippen LogP contribution is 2.26. The summed E-state index contributed by atoms with van der Waals surface area (Å²) in [5.74, 6) is -0.484. The molecule has 11 heteroatoms. The average Bonchev–Trinajstić information content (AvgIpc) is 3.05. The summed E-state index contributed by atoms with van der Waals surface area (Å²) in [5.41, 5.74) is 2.00. The number of nitrogens with one attached hydrogen (secondary N) is 1. The summed E-state index contributed by atoms with van der Waals surface area (Å²) in [7, 11) is 1.40. The number of methoxy groups -OCH3 is 1. The highest BCUT2D eigenvalue weighted by Gasteiger charge is 2.47. The van der Waals surface area contributed by atoms with Gasteiger partial charge < -0.3 is 43.6 Å². The van der Waals surface area contributed by atoms with Crippen LogP contribution in [0.5, 0.6) is 0 Å². The molecule has 2 aromatic carbocycles. The number of amides is 1.